The molecular formula is C11H20N2O5. The molecule has 0 spiro atoms. The van der Waals surface area contributed by atoms with Crippen LogP contribution in [0.2, 0.25) is 0 Å². The van der Waals surface area contributed by atoms with E-state index in [0.717, 1.165) is 0 Å². The fourth-order valence-electron chi connectivity index (χ4n) is 2.14. The first-order valence-corrected chi connectivity index (χ1v) is 6.06. The summed E-state index contributed by atoms with van der Waals surface area (Å²) in [6, 6.07) is -0.259. The van der Waals surface area contributed by atoms with Crippen molar-refractivity contribution in [2.45, 2.75) is 19.4 Å². The summed E-state index contributed by atoms with van der Waals surface area (Å²) in [6.45, 7) is 3.29. The molecule has 1 saturated heterocycles. The van der Waals surface area contributed by atoms with Crippen LogP contribution in [0.25, 0.3) is 0 Å². The number of likely N-dealkylation sites (tertiary alicyclic amines) is 1. The highest BCUT2D eigenvalue weighted by Gasteiger charge is 2.32. The van der Waals surface area contributed by atoms with E-state index < -0.39 is 18.0 Å². The van der Waals surface area contributed by atoms with Crippen LogP contribution in [0, 0.1) is 5.92 Å². The van der Waals surface area contributed by atoms with Gasteiger partial charge in [-0.05, 0) is 13.3 Å². The van der Waals surface area contributed by atoms with E-state index in [0.29, 0.717) is 26.1 Å². The fraction of sp³-hybridized carbons (Fsp3) is 0.818. The standard InChI is InChI=1S/C11H20N2O5/c1-2-18-11(17)12-9-5-8(10(15)16)6-13(7-9)3-4-14/h8-9,14H,2-7H2,1H3,(H,12,17)(H,15,16). The zero-order valence-corrected chi connectivity index (χ0v) is 10.5. The van der Waals surface area contributed by atoms with Crippen molar-refractivity contribution in [3.05, 3.63) is 0 Å². The highest BCUT2D eigenvalue weighted by atomic mass is 16.5. The third kappa shape index (κ3) is 4.50. The van der Waals surface area contributed by atoms with Crippen LogP contribution in [0.15, 0.2) is 0 Å². The van der Waals surface area contributed by atoms with Crippen molar-refractivity contribution in [2.24, 2.45) is 5.92 Å². The van der Waals surface area contributed by atoms with Crippen LogP contribution in [0.1, 0.15) is 13.3 Å². The third-order valence-corrected chi connectivity index (χ3v) is 2.89. The number of carboxylic acid groups (broad SMARTS) is 1. The number of ether oxygens (including phenoxy) is 1. The van der Waals surface area contributed by atoms with Crippen LogP contribution >= 0.6 is 0 Å². The third-order valence-electron chi connectivity index (χ3n) is 2.89. The van der Waals surface area contributed by atoms with Crippen molar-refractivity contribution in [3.63, 3.8) is 0 Å². The fourth-order valence-corrected chi connectivity index (χ4v) is 2.14. The number of hydrogen-bond acceptors (Lipinski definition) is 5. The molecule has 0 aromatic heterocycles. The molecule has 1 fully saturated rings. The molecule has 7 heteroatoms. The molecule has 1 heterocycles. The van der Waals surface area contributed by atoms with Gasteiger partial charge in [0.15, 0.2) is 0 Å². The van der Waals surface area contributed by atoms with E-state index in [1.54, 1.807) is 6.92 Å². The maximum atomic E-state index is 11.3. The van der Waals surface area contributed by atoms with E-state index in [1.165, 1.54) is 0 Å². The number of β-amino-alcohol motifs (C(OH)–C–C–N with tert-alkyl or cyclic N) is 1. The molecule has 2 atom stereocenters. The first-order valence-electron chi connectivity index (χ1n) is 6.06. The first-order chi connectivity index (χ1) is 8.56. The summed E-state index contributed by atoms with van der Waals surface area (Å²) in [7, 11) is 0. The zero-order valence-electron chi connectivity index (χ0n) is 10.5. The van der Waals surface area contributed by atoms with E-state index in [2.05, 4.69) is 5.32 Å². The van der Waals surface area contributed by atoms with Crippen molar-refractivity contribution in [2.75, 3.05) is 32.8 Å². The number of aliphatic hydroxyl groups is 1. The summed E-state index contributed by atoms with van der Waals surface area (Å²) < 4.78 is 4.77. The number of carbonyl (C=O) groups is 2. The number of carbonyl (C=O) groups excluding carboxylic acids is 1. The second kappa shape index (κ2) is 7.17. The van der Waals surface area contributed by atoms with Crippen LogP contribution in [-0.4, -0.2) is 66.1 Å². The smallest absolute Gasteiger partial charge is 0.407 e. The number of rotatable bonds is 5. The van der Waals surface area contributed by atoms with Crippen molar-refractivity contribution < 1.29 is 24.5 Å². The second-order valence-corrected chi connectivity index (χ2v) is 4.32. The van der Waals surface area contributed by atoms with Gasteiger partial charge in [0, 0.05) is 25.7 Å². The SMILES string of the molecule is CCOC(=O)NC1CC(C(=O)O)CN(CCO)C1. The molecule has 0 aromatic rings. The molecule has 1 amide bonds. The maximum absolute atomic E-state index is 11.3. The summed E-state index contributed by atoms with van der Waals surface area (Å²) in [5.74, 6) is -1.41. The van der Waals surface area contributed by atoms with Gasteiger partial charge in [0.05, 0.1) is 19.1 Å². The quantitative estimate of drug-likeness (QED) is 0.616. The van der Waals surface area contributed by atoms with E-state index in [9.17, 15) is 9.59 Å². The Bertz CT molecular complexity index is 297. The molecule has 0 bridgehead atoms. The van der Waals surface area contributed by atoms with E-state index in [1.807, 2.05) is 4.90 Å². The normalized spacial score (nSPS) is 24.6. The molecule has 1 aliphatic heterocycles. The molecule has 0 saturated carbocycles. The average molecular weight is 260 g/mol. The van der Waals surface area contributed by atoms with Gasteiger partial charge >= 0.3 is 12.1 Å². The van der Waals surface area contributed by atoms with Crippen LogP contribution in [0.3, 0.4) is 0 Å². The Morgan fingerprint density at radius 1 is 1.44 bits per heavy atom. The van der Waals surface area contributed by atoms with Gasteiger partial charge in [0.2, 0.25) is 0 Å². The Balaban J connectivity index is 2.55. The van der Waals surface area contributed by atoms with Gasteiger partial charge in [-0.2, -0.15) is 0 Å². The van der Waals surface area contributed by atoms with Gasteiger partial charge in [-0.25, -0.2) is 4.79 Å². The number of amides is 1. The van der Waals surface area contributed by atoms with Gasteiger partial charge in [-0.3, -0.25) is 9.69 Å². The lowest BCUT2D eigenvalue weighted by molar-refractivity contribution is -0.144. The molecule has 7 nitrogen and oxygen atoms in total. The monoisotopic (exact) mass is 260 g/mol. The van der Waals surface area contributed by atoms with Gasteiger partial charge in [0.25, 0.3) is 0 Å². The Labute approximate surface area is 106 Å². The predicted octanol–water partition coefficient (Wildman–Crippen LogP) is -0.500. The lowest BCUT2D eigenvalue weighted by Crippen LogP contribution is -2.53. The van der Waals surface area contributed by atoms with Gasteiger partial charge < -0.3 is 20.3 Å². The molecule has 1 aliphatic rings. The zero-order chi connectivity index (χ0) is 13.5. The summed E-state index contributed by atoms with van der Waals surface area (Å²) in [6.07, 6.45) is -0.145. The molecule has 18 heavy (non-hydrogen) atoms. The highest BCUT2D eigenvalue weighted by molar-refractivity contribution is 5.71. The lowest BCUT2D eigenvalue weighted by Gasteiger charge is -2.35. The number of hydrogen-bond donors (Lipinski definition) is 3. The molecule has 0 radical (unpaired) electrons. The summed E-state index contributed by atoms with van der Waals surface area (Å²) in [4.78, 5) is 24.2. The van der Waals surface area contributed by atoms with Gasteiger partial charge in [-0.15, -0.1) is 0 Å². The Kier molecular flexibility index (Phi) is 5.87. The van der Waals surface area contributed by atoms with Crippen molar-refractivity contribution in [1.29, 1.82) is 0 Å². The molecule has 104 valence electrons. The Morgan fingerprint density at radius 3 is 2.72 bits per heavy atom. The molecule has 0 aromatic carbocycles. The number of aliphatic carboxylic acids is 1. The van der Waals surface area contributed by atoms with Gasteiger partial charge in [0.1, 0.15) is 0 Å². The summed E-state index contributed by atoms with van der Waals surface area (Å²) in [5.41, 5.74) is 0. The molecule has 2 unspecified atom stereocenters. The highest BCUT2D eigenvalue weighted by Crippen LogP contribution is 2.17. The molecular weight excluding hydrogens is 240 g/mol. The minimum atomic E-state index is -0.881. The Hall–Kier alpha value is -1.34. The van der Waals surface area contributed by atoms with Crippen LogP contribution in [0.4, 0.5) is 4.79 Å². The van der Waals surface area contributed by atoms with Crippen molar-refractivity contribution >= 4 is 12.1 Å². The Morgan fingerprint density at radius 2 is 2.17 bits per heavy atom. The minimum Gasteiger partial charge on any atom is -0.481 e. The summed E-state index contributed by atoms with van der Waals surface area (Å²) >= 11 is 0. The molecule has 0 aliphatic carbocycles. The largest absolute Gasteiger partial charge is 0.481 e. The van der Waals surface area contributed by atoms with Crippen molar-refractivity contribution in [3.8, 4) is 0 Å². The number of carboxylic acids is 1. The number of nitrogens with one attached hydrogen (secondary N) is 1. The lowest BCUT2D eigenvalue weighted by atomic mass is 9.94. The number of alkyl carbamates (subject to hydrolysis) is 1. The second-order valence-electron chi connectivity index (χ2n) is 4.32. The summed E-state index contributed by atoms with van der Waals surface area (Å²) in [5, 5.41) is 20.6. The van der Waals surface area contributed by atoms with E-state index in [-0.39, 0.29) is 19.3 Å². The van der Waals surface area contributed by atoms with Gasteiger partial charge in [-0.1, -0.05) is 0 Å². The minimum absolute atomic E-state index is 0.0293. The van der Waals surface area contributed by atoms with Crippen LogP contribution in [0.5, 0.6) is 0 Å². The predicted molar refractivity (Wildman–Crippen MR) is 63.2 cm³/mol. The van der Waals surface area contributed by atoms with Crippen LogP contribution in [-0.2, 0) is 9.53 Å². The van der Waals surface area contributed by atoms with Crippen molar-refractivity contribution in [1.82, 2.24) is 10.2 Å². The first kappa shape index (κ1) is 14.7. The average Bonchev–Trinajstić information content (AvgIpc) is 2.29. The van der Waals surface area contributed by atoms with E-state index >= 15 is 0 Å². The molecule has 1 rings (SSSR count). The maximum Gasteiger partial charge on any atom is 0.407 e. The van der Waals surface area contributed by atoms with Crippen LogP contribution < -0.4 is 5.32 Å². The molecule has 3 N–H and O–H groups in total. The number of piperidine rings is 1. The van der Waals surface area contributed by atoms with E-state index in [4.69, 9.17) is 14.9 Å². The topological polar surface area (TPSA) is 99.1 Å². The number of aliphatic hydroxyl groups excluding tert-OH is 1. The number of nitrogens with zero attached hydrogens (tertiary/aromatic N) is 1.